The van der Waals surface area contributed by atoms with Crippen LogP contribution in [0.25, 0.3) is 0 Å². The first kappa shape index (κ1) is 15.8. The van der Waals surface area contributed by atoms with Crippen LogP contribution in [0.1, 0.15) is 50.3 Å². The van der Waals surface area contributed by atoms with Crippen molar-refractivity contribution in [2.45, 2.75) is 44.6 Å². The van der Waals surface area contributed by atoms with Crippen LogP contribution in [-0.4, -0.2) is 10.5 Å². The zero-order valence-electron chi connectivity index (χ0n) is 13.9. The molecule has 0 amide bonds. The van der Waals surface area contributed by atoms with Crippen LogP contribution >= 0.6 is 0 Å². The summed E-state index contributed by atoms with van der Waals surface area (Å²) in [4.78, 5) is 4.29. The first-order valence-electron chi connectivity index (χ1n) is 8.37. The quantitative estimate of drug-likeness (QED) is 0.863. The van der Waals surface area contributed by atoms with Gasteiger partial charge in [0, 0.05) is 11.7 Å². The smallest absolute Gasteiger partial charge is 0.113 e. The molecule has 3 atom stereocenters. The molecule has 2 heteroatoms. The number of nitrogens with zero attached hydrogens (tertiary/aromatic N) is 1. The van der Waals surface area contributed by atoms with Crippen molar-refractivity contribution in [2.75, 3.05) is 0 Å². The van der Waals surface area contributed by atoms with Crippen molar-refractivity contribution in [1.82, 2.24) is 4.98 Å². The summed E-state index contributed by atoms with van der Waals surface area (Å²) in [7, 11) is 0. The Morgan fingerprint density at radius 1 is 1.17 bits per heavy atom. The highest BCUT2D eigenvalue weighted by molar-refractivity contribution is 5.39. The van der Waals surface area contributed by atoms with E-state index in [0.29, 0.717) is 5.92 Å². The molecule has 1 aromatic heterocycles. The lowest BCUT2D eigenvalue weighted by molar-refractivity contribution is 0.444. The second kappa shape index (κ2) is 6.18. The topological polar surface area (TPSA) is 38.9 Å². The van der Waals surface area contributed by atoms with E-state index in [0.717, 1.165) is 25.0 Å². The van der Waals surface area contributed by atoms with E-state index >= 15 is 0 Å². The number of pyridine rings is 1. The lowest BCUT2D eigenvalue weighted by Crippen LogP contribution is -2.31. The number of nitrogens with two attached hydrogens (primary N) is 1. The minimum Gasteiger partial charge on any atom is -0.324 e. The van der Waals surface area contributed by atoms with Crippen LogP contribution in [0.5, 0.6) is 0 Å². The van der Waals surface area contributed by atoms with E-state index in [1.807, 2.05) is 18.2 Å². The van der Waals surface area contributed by atoms with Gasteiger partial charge in [-0.3, -0.25) is 0 Å². The monoisotopic (exact) mass is 304 g/mol. The van der Waals surface area contributed by atoms with Gasteiger partial charge in [0.2, 0.25) is 0 Å². The van der Waals surface area contributed by atoms with Crippen LogP contribution in [0, 0.1) is 17.3 Å². The van der Waals surface area contributed by atoms with Crippen molar-refractivity contribution in [3.63, 3.8) is 0 Å². The van der Waals surface area contributed by atoms with E-state index in [1.54, 1.807) is 6.20 Å². The number of aromatic nitrogens is 1. The predicted molar refractivity (Wildman–Crippen MR) is 94.8 cm³/mol. The molecule has 1 aliphatic carbocycles. The third-order valence-corrected chi connectivity index (χ3v) is 5.18. The molecular formula is C21H24N2. The van der Waals surface area contributed by atoms with Gasteiger partial charge in [-0.1, -0.05) is 56.2 Å². The highest BCUT2D eigenvalue weighted by Gasteiger charge is 2.63. The summed E-state index contributed by atoms with van der Waals surface area (Å²) in [5.74, 6) is 7.12. The normalized spacial score (nSPS) is 26.9. The van der Waals surface area contributed by atoms with Crippen LogP contribution in [0.15, 0.2) is 54.7 Å². The summed E-state index contributed by atoms with van der Waals surface area (Å²) in [6, 6.07) is 16.4. The van der Waals surface area contributed by atoms with Gasteiger partial charge in [-0.2, -0.15) is 0 Å². The van der Waals surface area contributed by atoms with Gasteiger partial charge in [0.25, 0.3) is 0 Å². The largest absolute Gasteiger partial charge is 0.324 e. The first-order valence-corrected chi connectivity index (χ1v) is 8.37. The Hall–Kier alpha value is -2.11. The third kappa shape index (κ3) is 3.16. The first-order chi connectivity index (χ1) is 11.1. The molecule has 118 valence electrons. The molecule has 3 unspecified atom stereocenters. The summed E-state index contributed by atoms with van der Waals surface area (Å²) in [5.41, 5.74) is 8.65. The predicted octanol–water partition coefficient (Wildman–Crippen LogP) is 4.12. The van der Waals surface area contributed by atoms with Crippen LogP contribution in [0.3, 0.4) is 0 Å². The van der Waals surface area contributed by atoms with Crippen molar-refractivity contribution in [3.05, 3.63) is 66.0 Å². The van der Waals surface area contributed by atoms with E-state index < -0.39 is 0 Å². The van der Waals surface area contributed by atoms with Crippen LogP contribution in [-0.2, 0) is 0 Å². The molecule has 1 aromatic carbocycles. The molecule has 1 aliphatic rings. The molecule has 0 spiro atoms. The Morgan fingerprint density at radius 3 is 2.57 bits per heavy atom. The number of hydrogen-bond donors (Lipinski definition) is 1. The Kier molecular flexibility index (Phi) is 4.24. The minimum atomic E-state index is -0.182. The minimum absolute atomic E-state index is 0.0619. The molecule has 0 bridgehead atoms. The molecular weight excluding hydrogens is 280 g/mol. The SMILES string of the molecule is CCC1(C#Cc2ccccn2)CC1(N)CC(C)c1ccccc1. The molecule has 1 saturated carbocycles. The summed E-state index contributed by atoms with van der Waals surface area (Å²) in [5, 5.41) is 0. The van der Waals surface area contributed by atoms with E-state index in [9.17, 15) is 0 Å². The van der Waals surface area contributed by atoms with Crippen molar-refractivity contribution in [3.8, 4) is 11.8 Å². The molecule has 2 N–H and O–H groups in total. The summed E-state index contributed by atoms with van der Waals surface area (Å²) in [6.07, 6.45) is 4.73. The average molecular weight is 304 g/mol. The van der Waals surface area contributed by atoms with Crippen LogP contribution in [0.2, 0.25) is 0 Å². The Balaban J connectivity index is 1.75. The van der Waals surface area contributed by atoms with Crippen molar-refractivity contribution < 1.29 is 0 Å². The van der Waals surface area contributed by atoms with Gasteiger partial charge < -0.3 is 5.73 Å². The molecule has 1 fully saturated rings. The lowest BCUT2D eigenvalue weighted by Gasteiger charge is -2.21. The fraction of sp³-hybridized carbons (Fsp3) is 0.381. The van der Waals surface area contributed by atoms with Gasteiger partial charge in [-0.25, -0.2) is 4.98 Å². The van der Waals surface area contributed by atoms with Gasteiger partial charge >= 0.3 is 0 Å². The molecule has 2 aromatic rings. The fourth-order valence-corrected chi connectivity index (χ4v) is 3.56. The standard InChI is InChI=1S/C21H24N2/c1-3-20(13-12-19-11-7-8-14-23-19)16-21(20,22)15-17(2)18-9-5-4-6-10-18/h4-11,14,17H,3,15-16,22H2,1-2H3. The second-order valence-corrected chi connectivity index (χ2v) is 6.75. The second-order valence-electron chi connectivity index (χ2n) is 6.75. The zero-order chi connectivity index (χ0) is 16.3. The van der Waals surface area contributed by atoms with E-state index in [1.165, 1.54) is 5.56 Å². The maximum Gasteiger partial charge on any atom is 0.113 e. The summed E-state index contributed by atoms with van der Waals surface area (Å²) in [6.45, 7) is 4.45. The fourth-order valence-electron chi connectivity index (χ4n) is 3.56. The highest BCUT2D eigenvalue weighted by atomic mass is 14.9. The van der Waals surface area contributed by atoms with Gasteiger partial charge in [0.15, 0.2) is 0 Å². The maximum atomic E-state index is 6.72. The summed E-state index contributed by atoms with van der Waals surface area (Å²) >= 11 is 0. The van der Waals surface area contributed by atoms with Crippen LogP contribution in [0.4, 0.5) is 0 Å². The Morgan fingerprint density at radius 2 is 1.91 bits per heavy atom. The Bertz CT molecular complexity index is 714. The number of hydrogen-bond acceptors (Lipinski definition) is 2. The molecule has 2 nitrogen and oxygen atoms in total. The highest BCUT2D eigenvalue weighted by Crippen LogP contribution is 2.60. The number of rotatable bonds is 4. The van der Waals surface area contributed by atoms with Gasteiger partial charge in [-0.15, -0.1) is 0 Å². The Labute approximate surface area is 139 Å². The van der Waals surface area contributed by atoms with E-state index in [4.69, 9.17) is 5.73 Å². The van der Waals surface area contributed by atoms with Gasteiger partial charge in [0.05, 0.1) is 5.41 Å². The van der Waals surface area contributed by atoms with E-state index in [-0.39, 0.29) is 11.0 Å². The van der Waals surface area contributed by atoms with Gasteiger partial charge in [0.1, 0.15) is 5.69 Å². The average Bonchev–Trinajstić information content (AvgIpc) is 3.19. The molecule has 0 aliphatic heterocycles. The third-order valence-electron chi connectivity index (χ3n) is 5.18. The van der Waals surface area contributed by atoms with Crippen LogP contribution < -0.4 is 5.73 Å². The molecule has 0 saturated heterocycles. The zero-order valence-corrected chi connectivity index (χ0v) is 13.9. The molecule has 3 rings (SSSR count). The number of benzene rings is 1. The molecule has 1 heterocycles. The maximum absolute atomic E-state index is 6.72. The van der Waals surface area contributed by atoms with Crippen molar-refractivity contribution >= 4 is 0 Å². The van der Waals surface area contributed by atoms with E-state index in [2.05, 4.69) is 61.0 Å². The lowest BCUT2D eigenvalue weighted by atomic mass is 9.87. The van der Waals surface area contributed by atoms with Gasteiger partial charge in [-0.05, 0) is 48.8 Å². The molecule has 23 heavy (non-hydrogen) atoms. The molecule has 0 radical (unpaired) electrons. The van der Waals surface area contributed by atoms with Crippen molar-refractivity contribution in [2.24, 2.45) is 11.1 Å². The summed E-state index contributed by atoms with van der Waals surface area (Å²) < 4.78 is 0. The van der Waals surface area contributed by atoms with Crippen molar-refractivity contribution in [1.29, 1.82) is 0 Å².